The molecule has 1 unspecified atom stereocenters. The highest BCUT2D eigenvalue weighted by molar-refractivity contribution is 5.89. The van der Waals surface area contributed by atoms with Gasteiger partial charge in [-0.3, -0.25) is 0 Å². The molecule has 9 nitrogen and oxygen atoms in total. The van der Waals surface area contributed by atoms with E-state index in [0.29, 0.717) is 37.4 Å². The normalized spacial score (nSPS) is 18.8. The molecular weight excluding hydrogens is 464 g/mol. The van der Waals surface area contributed by atoms with Crippen LogP contribution in [-0.2, 0) is 22.4 Å². The van der Waals surface area contributed by atoms with E-state index in [9.17, 15) is 9.59 Å². The average Bonchev–Trinajstić information content (AvgIpc) is 3.29. The van der Waals surface area contributed by atoms with Gasteiger partial charge in [-0.25, -0.2) is 9.59 Å². The van der Waals surface area contributed by atoms with Crippen molar-refractivity contribution in [2.24, 2.45) is 0 Å². The lowest BCUT2D eigenvalue weighted by Gasteiger charge is -2.36. The minimum absolute atomic E-state index is 0.542. The quantitative estimate of drug-likeness (QED) is 0.519. The van der Waals surface area contributed by atoms with E-state index in [1.807, 2.05) is 6.07 Å². The maximum Gasteiger partial charge on any atom is 0.328 e. The molecule has 0 aromatic heterocycles. The Bertz CT molecular complexity index is 1090. The molecule has 9 heteroatoms. The van der Waals surface area contributed by atoms with Crippen LogP contribution in [0, 0.1) is 0 Å². The summed E-state index contributed by atoms with van der Waals surface area (Å²) >= 11 is 0. The summed E-state index contributed by atoms with van der Waals surface area (Å²) < 4.78 is 17.0. The van der Waals surface area contributed by atoms with Gasteiger partial charge in [-0.1, -0.05) is 12.1 Å². The van der Waals surface area contributed by atoms with Gasteiger partial charge in [0, 0.05) is 37.3 Å². The molecule has 0 amide bonds. The number of aliphatic carboxylic acids is 2. The molecule has 2 aromatic carbocycles. The number of carboxylic acids is 2. The molecule has 1 fully saturated rings. The second kappa shape index (κ2) is 11.8. The molecule has 0 radical (unpaired) electrons. The summed E-state index contributed by atoms with van der Waals surface area (Å²) in [6.45, 7) is 3.36. The Balaban J connectivity index is 0.000000331. The topological polar surface area (TPSA) is 118 Å². The minimum Gasteiger partial charge on any atom is -0.497 e. The summed E-state index contributed by atoms with van der Waals surface area (Å²) in [7, 11) is 1.74. The summed E-state index contributed by atoms with van der Waals surface area (Å²) in [5.74, 6) is 0.244. The zero-order valence-corrected chi connectivity index (χ0v) is 20.3. The van der Waals surface area contributed by atoms with Crippen molar-refractivity contribution in [1.82, 2.24) is 5.32 Å². The van der Waals surface area contributed by atoms with Crippen molar-refractivity contribution < 1.29 is 34.0 Å². The highest BCUT2D eigenvalue weighted by Gasteiger charge is 2.28. The number of hydrogen-bond acceptors (Lipinski definition) is 7. The van der Waals surface area contributed by atoms with Crippen LogP contribution in [0.15, 0.2) is 48.6 Å². The van der Waals surface area contributed by atoms with Crippen molar-refractivity contribution in [3.05, 3.63) is 59.7 Å². The summed E-state index contributed by atoms with van der Waals surface area (Å²) in [6, 6.07) is 13.8. The minimum atomic E-state index is -1.26. The predicted octanol–water partition coefficient (Wildman–Crippen LogP) is 2.90. The number of hydrogen-bond donors (Lipinski definition) is 3. The molecule has 2 heterocycles. The Morgan fingerprint density at radius 2 is 1.67 bits per heavy atom. The van der Waals surface area contributed by atoms with Crippen molar-refractivity contribution in [1.29, 1.82) is 0 Å². The van der Waals surface area contributed by atoms with Crippen LogP contribution in [0.3, 0.4) is 0 Å². The van der Waals surface area contributed by atoms with Gasteiger partial charge in [-0.2, -0.15) is 0 Å². The van der Waals surface area contributed by atoms with Crippen molar-refractivity contribution in [3.63, 3.8) is 0 Å². The van der Waals surface area contributed by atoms with Crippen LogP contribution in [0.5, 0.6) is 17.2 Å². The molecule has 1 aliphatic carbocycles. The Kier molecular flexibility index (Phi) is 8.32. The van der Waals surface area contributed by atoms with Crippen LogP contribution >= 0.6 is 0 Å². The third-order valence-electron chi connectivity index (χ3n) is 6.57. The number of fused-ring (bicyclic) bond motifs is 2. The highest BCUT2D eigenvalue weighted by Crippen LogP contribution is 2.40. The first-order valence-corrected chi connectivity index (χ1v) is 12.1. The lowest BCUT2D eigenvalue weighted by Crippen LogP contribution is -2.46. The molecule has 36 heavy (non-hydrogen) atoms. The monoisotopic (exact) mass is 496 g/mol. The summed E-state index contributed by atoms with van der Waals surface area (Å²) in [6.07, 6.45) is 5.65. The molecule has 1 saturated heterocycles. The molecule has 0 spiro atoms. The van der Waals surface area contributed by atoms with Gasteiger partial charge in [-0.15, -0.1) is 0 Å². The Hall–Kier alpha value is -3.72. The number of para-hydroxylation sites is 1. The predicted molar refractivity (Wildman–Crippen MR) is 134 cm³/mol. The maximum absolute atomic E-state index is 9.55. The van der Waals surface area contributed by atoms with Crippen LogP contribution in [0.1, 0.15) is 24.0 Å². The third-order valence-corrected chi connectivity index (χ3v) is 6.57. The number of nitrogens with zero attached hydrogens (tertiary/aromatic N) is 1. The number of anilines is 1. The molecule has 2 aliphatic heterocycles. The molecule has 3 N–H and O–H groups in total. The molecule has 5 rings (SSSR count). The SMILES string of the molecule is COc1ccc2c(c1)CC(NC1CCN(c3cccc4c3OCCO4)CC1)C2.O=C(O)/C=C/C(=O)O. The fraction of sp³-hybridized carbons (Fsp3) is 0.407. The zero-order chi connectivity index (χ0) is 25.5. The van der Waals surface area contributed by atoms with Crippen LogP contribution in [0.25, 0.3) is 0 Å². The number of carbonyl (C=O) groups is 2. The lowest BCUT2D eigenvalue weighted by atomic mass is 10.0. The van der Waals surface area contributed by atoms with Gasteiger partial charge in [-0.05, 0) is 61.1 Å². The van der Waals surface area contributed by atoms with Gasteiger partial charge in [0.1, 0.15) is 19.0 Å². The van der Waals surface area contributed by atoms with E-state index >= 15 is 0 Å². The van der Waals surface area contributed by atoms with E-state index in [-0.39, 0.29) is 0 Å². The molecule has 192 valence electrons. The van der Waals surface area contributed by atoms with Crippen molar-refractivity contribution in [3.8, 4) is 17.2 Å². The number of methoxy groups -OCH3 is 1. The maximum atomic E-state index is 9.55. The van der Waals surface area contributed by atoms with E-state index in [1.165, 1.54) is 16.8 Å². The van der Waals surface area contributed by atoms with E-state index in [0.717, 1.165) is 56.0 Å². The standard InChI is InChI=1S/C23H28N2O3.C4H4O4/c1-26-20-6-5-16-13-19(14-17(16)15-20)24-18-7-9-25(10-8-18)21-3-2-4-22-23(21)28-12-11-27-22;5-3(6)1-2-4(7)8/h2-6,15,18-19,24H,7-14H2,1H3;1-2H,(H,5,6)(H,7,8)/b;2-1+. The van der Waals surface area contributed by atoms with Gasteiger partial charge in [0.15, 0.2) is 11.5 Å². The van der Waals surface area contributed by atoms with Gasteiger partial charge in [0.05, 0.1) is 12.8 Å². The molecule has 3 aliphatic rings. The number of nitrogens with one attached hydrogen (secondary N) is 1. The Labute approximate surface area is 210 Å². The van der Waals surface area contributed by atoms with Gasteiger partial charge in [0.2, 0.25) is 0 Å². The summed E-state index contributed by atoms with van der Waals surface area (Å²) in [5.41, 5.74) is 4.07. The van der Waals surface area contributed by atoms with Crippen LogP contribution in [0.4, 0.5) is 5.69 Å². The van der Waals surface area contributed by atoms with Crippen LogP contribution in [0.2, 0.25) is 0 Å². The largest absolute Gasteiger partial charge is 0.497 e. The Morgan fingerprint density at radius 3 is 2.36 bits per heavy atom. The first kappa shape index (κ1) is 25.4. The highest BCUT2D eigenvalue weighted by atomic mass is 16.6. The fourth-order valence-electron chi connectivity index (χ4n) is 4.91. The first-order valence-electron chi connectivity index (χ1n) is 12.1. The number of rotatable bonds is 6. The number of carboxylic acid groups (broad SMARTS) is 2. The summed E-state index contributed by atoms with van der Waals surface area (Å²) in [4.78, 5) is 21.6. The van der Waals surface area contributed by atoms with E-state index in [2.05, 4.69) is 40.5 Å². The molecule has 0 bridgehead atoms. The van der Waals surface area contributed by atoms with Crippen molar-refractivity contribution >= 4 is 17.6 Å². The van der Waals surface area contributed by atoms with Crippen LogP contribution < -0.4 is 24.4 Å². The molecule has 2 aromatic rings. The van der Waals surface area contributed by atoms with Crippen molar-refractivity contribution in [2.75, 3.05) is 38.3 Å². The zero-order valence-electron chi connectivity index (χ0n) is 20.3. The van der Waals surface area contributed by atoms with Crippen LogP contribution in [-0.4, -0.2) is 67.6 Å². The molecule has 0 saturated carbocycles. The number of ether oxygens (including phenoxy) is 3. The number of piperidine rings is 1. The van der Waals surface area contributed by atoms with Gasteiger partial charge in [0.25, 0.3) is 0 Å². The fourth-order valence-corrected chi connectivity index (χ4v) is 4.91. The second-order valence-corrected chi connectivity index (χ2v) is 8.98. The van der Waals surface area contributed by atoms with E-state index in [4.69, 9.17) is 24.4 Å². The summed E-state index contributed by atoms with van der Waals surface area (Å²) in [5, 5.41) is 19.5. The molecular formula is C27H32N2O7. The average molecular weight is 497 g/mol. The second-order valence-electron chi connectivity index (χ2n) is 8.98. The van der Waals surface area contributed by atoms with E-state index < -0.39 is 11.9 Å². The molecule has 1 atom stereocenters. The van der Waals surface area contributed by atoms with Gasteiger partial charge >= 0.3 is 11.9 Å². The van der Waals surface area contributed by atoms with E-state index in [1.54, 1.807) is 7.11 Å². The van der Waals surface area contributed by atoms with Gasteiger partial charge < -0.3 is 34.6 Å². The first-order chi connectivity index (χ1) is 17.4. The lowest BCUT2D eigenvalue weighted by molar-refractivity contribution is -0.134. The smallest absolute Gasteiger partial charge is 0.328 e. The number of benzene rings is 2. The third kappa shape index (κ3) is 6.48. The van der Waals surface area contributed by atoms with Crippen molar-refractivity contribution in [2.45, 2.75) is 37.8 Å². The Morgan fingerprint density at radius 1 is 0.972 bits per heavy atom.